The van der Waals surface area contributed by atoms with Gasteiger partial charge in [0.15, 0.2) is 0 Å². The van der Waals surface area contributed by atoms with Crippen molar-refractivity contribution in [3.63, 3.8) is 0 Å². The average molecular weight is 480 g/mol. The van der Waals surface area contributed by atoms with E-state index in [0.29, 0.717) is 17.5 Å². The quantitative estimate of drug-likeness (QED) is 0.385. The van der Waals surface area contributed by atoms with Crippen LogP contribution in [-0.4, -0.2) is 28.4 Å². The molecule has 1 aromatic carbocycles. The molecule has 0 saturated heterocycles. The minimum Gasteiger partial charge on any atom is -0.373 e. The highest BCUT2D eigenvalue weighted by molar-refractivity contribution is 6.30. The fraction of sp³-hybridized carbons (Fsp3) is 0.393. The van der Waals surface area contributed by atoms with Gasteiger partial charge in [-0.25, -0.2) is 0 Å². The van der Waals surface area contributed by atoms with Crippen molar-refractivity contribution in [2.24, 2.45) is 0 Å². The van der Waals surface area contributed by atoms with Crippen LogP contribution in [-0.2, 0) is 6.54 Å². The van der Waals surface area contributed by atoms with Crippen molar-refractivity contribution < 1.29 is 0 Å². The van der Waals surface area contributed by atoms with Crippen LogP contribution in [0.1, 0.15) is 69.4 Å². The van der Waals surface area contributed by atoms with Gasteiger partial charge in [0.1, 0.15) is 17.7 Å². The molecule has 1 aromatic heterocycles. The number of unbranched alkanes of at least 4 members (excludes halogenated alkanes) is 1. The Morgan fingerprint density at radius 2 is 2.12 bits per heavy atom. The maximum absolute atomic E-state index is 6.12. The van der Waals surface area contributed by atoms with Crippen molar-refractivity contribution in [1.29, 1.82) is 0 Å². The van der Waals surface area contributed by atoms with Crippen LogP contribution in [0.2, 0.25) is 5.02 Å². The van der Waals surface area contributed by atoms with Crippen molar-refractivity contribution in [3.05, 3.63) is 101 Å². The van der Waals surface area contributed by atoms with E-state index in [1.54, 1.807) is 12.4 Å². The molecule has 5 nitrogen and oxygen atoms in total. The Hall–Kier alpha value is -2.92. The zero-order chi connectivity index (χ0) is 24.7. The Morgan fingerprint density at radius 3 is 2.74 bits per heavy atom. The van der Waals surface area contributed by atoms with Crippen LogP contribution in [0.5, 0.6) is 0 Å². The van der Waals surface area contributed by atoms with E-state index < -0.39 is 0 Å². The summed E-state index contributed by atoms with van der Waals surface area (Å²) in [6, 6.07) is 12.7. The monoisotopic (exact) mass is 479 g/mol. The number of nitrogens with one attached hydrogen (secondary N) is 2. The predicted octanol–water partition coefficient (Wildman–Crippen LogP) is 6.50. The van der Waals surface area contributed by atoms with Crippen LogP contribution < -0.4 is 10.6 Å². The maximum atomic E-state index is 6.12. The second-order valence-electron chi connectivity index (χ2n) is 8.99. The second-order valence-corrected chi connectivity index (χ2v) is 9.42. The molecule has 2 N–H and O–H groups in total. The minimum absolute atomic E-state index is 0.0526. The van der Waals surface area contributed by atoms with Crippen LogP contribution in [0.4, 0.5) is 0 Å². The zero-order valence-corrected chi connectivity index (χ0v) is 21.9. The third-order valence-corrected chi connectivity index (χ3v) is 6.38. The molecule has 0 amide bonds. The third kappa shape index (κ3) is 5.95. The highest BCUT2D eigenvalue weighted by atomic mass is 35.5. The lowest BCUT2D eigenvalue weighted by Crippen LogP contribution is -2.32. The van der Waals surface area contributed by atoms with Gasteiger partial charge in [0.05, 0.1) is 23.0 Å². The molecule has 2 heterocycles. The topological polar surface area (TPSA) is 43.4 Å². The van der Waals surface area contributed by atoms with Crippen LogP contribution >= 0.6 is 11.6 Å². The van der Waals surface area contributed by atoms with Crippen LogP contribution in [0, 0.1) is 0 Å². The normalized spacial score (nSPS) is 16.1. The van der Waals surface area contributed by atoms with Gasteiger partial charge in [0.2, 0.25) is 0 Å². The zero-order valence-electron chi connectivity index (χ0n) is 21.1. The molecule has 1 unspecified atom stereocenters. The second kappa shape index (κ2) is 12.0. The van der Waals surface area contributed by atoms with E-state index in [2.05, 4.69) is 97.1 Å². The summed E-state index contributed by atoms with van der Waals surface area (Å²) in [7, 11) is 2.16. The summed E-state index contributed by atoms with van der Waals surface area (Å²) in [5.41, 5.74) is 5.77. The van der Waals surface area contributed by atoms with Crippen molar-refractivity contribution in [2.75, 3.05) is 13.6 Å². The van der Waals surface area contributed by atoms with Crippen molar-refractivity contribution in [1.82, 2.24) is 25.4 Å². The molecule has 6 heteroatoms. The van der Waals surface area contributed by atoms with Gasteiger partial charge in [-0.1, -0.05) is 75.7 Å². The first-order valence-electron chi connectivity index (χ1n) is 12.1. The fourth-order valence-electron chi connectivity index (χ4n) is 4.29. The molecule has 34 heavy (non-hydrogen) atoms. The lowest BCUT2D eigenvalue weighted by Gasteiger charge is -2.33. The molecule has 0 saturated carbocycles. The van der Waals surface area contributed by atoms with E-state index in [9.17, 15) is 0 Å². The van der Waals surface area contributed by atoms with Gasteiger partial charge < -0.3 is 20.4 Å². The first-order valence-corrected chi connectivity index (χ1v) is 12.5. The molecular formula is C28H38ClN5. The van der Waals surface area contributed by atoms with E-state index in [0.717, 1.165) is 36.6 Å². The van der Waals surface area contributed by atoms with Gasteiger partial charge in [-0.15, -0.1) is 0 Å². The summed E-state index contributed by atoms with van der Waals surface area (Å²) in [6.07, 6.45) is 7.87. The number of hydrogen-bond donors (Lipinski definition) is 2. The van der Waals surface area contributed by atoms with E-state index in [-0.39, 0.29) is 6.17 Å². The Labute approximate surface area is 210 Å². The SMILES string of the molecule is C=CNC1=C(C(=CC)N(C)CCCC)N(Cc2ccc(Cl)cn2)C(c2cccc(C(C)C)c2)N1. The summed E-state index contributed by atoms with van der Waals surface area (Å²) in [5.74, 6) is 1.40. The van der Waals surface area contributed by atoms with Gasteiger partial charge >= 0.3 is 0 Å². The van der Waals surface area contributed by atoms with Gasteiger partial charge in [-0.3, -0.25) is 4.98 Å². The molecule has 0 spiro atoms. The van der Waals surface area contributed by atoms with Gasteiger partial charge in [0.25, 0.3) is 0 Å². The summed E-state index contributed by atoms with van der Waals surface area (Å²) in [5, 5.41) is 7.74. The number of rotatable bonds is 11. The highest BCUT2D eigenvalue weighted by Gasteiger charge is 2.35. The Bertz CT molecular complexity index is 1030. The molecule has 3 rings (SSSR count). The first-order chi connectivity index (χ1) is 16.4. The van der Waals surface area contributed by atoms with Gasteiger partial charge in [-0.2, -0.15) is 0 Å². The van der Waals surface area contributed by atoms with E-state index in [4.69, 9.17) is 11.6 Å². The maximum Gasteiger partial charge on any atom is 0.131 e. The highest BCUT2D eigenvalue weighted by Crippen LogP contribution is 2.37. The minimum atomic E-state index is -0.0526. The van der Waals surface area contributed by atoms with Gasteiger partial charge in [0, 0.05) is 19.8 Å². The number of benzene rings is 1. The molecule has 2 aromatic rings. The lowest BCUT2D eigenvalue weighted by molar-refractivity contribution is 0.242. The van der Waals surface area contributed by atoms with Crippen LogP contribution in [0.3, 0.4) is 0 Å². The molecule has 0 bridgehead atoms. The van der Waals surface area contributed by atoms with Gasteiger partial charge in [-0.05, 0) is 48.7 Å². The van der Waals surface area contributed by atoms with Crippen molar-refractivity contribution in [2.45, 2.75) is 59.2 Å². The molecule has 0 fully saturated rings. The lowest BCUT2D eigenvalue weighted by atomic mass is 9.99. The number of allylic oxidation sites excluding steroid dienone is 1. The number of pyridine rings is 1. The molecule has 0 radical (unpaired) electrons. The number of likely N-dealkylation sites (N-methyl/N-ethyl adjacent to an activating group) is 1. The van der Waals surface area contributed by atoms with E-state index >= 15 is 0 Å². The third-order valence-electron chi connectivity index (χ3n) is 6.15. The molecule has 0 aliphatic carbocycles. The predicted molar refractivity (Wildman–Crippen MR) is 143 cm³/mol. The summed E-state index contributed by atoms with van der Waals surface area (Å²) < 4.78 is 0. The van der Waals surface area contributed by atoms with E-state index in [1.165, 1.54) is 16.8 Å². The van der Waals surface area contributed by atoms with Crippen LogP contribution in [0.15, 0.2) is 78.7 Å². The smallest absolute Gasteiger partial charge is 0.131 e. The number of aromatic nitrogens is 1. The molecule has 1 aliphatic heterocycles. The van der Waals surface area contributed by atoms with E-state index in [1.807, 2.05) is 12.1 Å². The fourth-order valence-corrected chi connectivity index (χ4v) is 4.40. The largest absolute Gasteiger partial charge is 0.373 e. The van der Waals surface area contributed by atoms with Crippen LogP contribution in [0.25, 0.3) is 0 Å². The Morgan fingerprint density at radius 1 is 1.32 bits per heavy atom. The number of nitrogens with zero attached hydrogens (tertiary/aromatic N) is 3. The summed E-state index contributed by atoms with van der Waals surface area (Å²) >= 11 is 6.12. The number of hydrogen-bond acceptors (Lipinski definition) is 5. The van der Waals surface area contributed by atoms with Crippen molar-refractivity contribution >= 4 is 11.6 Å². The average Bonchev–Trinajstić information content (AvgIpc) is 3.17. The summed E-state index contributed by atoms with van der Waals surface area (Å²) in [4.78, 5) is 9.33. The Balaban J connectivity index is 2.09. The molecule has 182 valence electrons. The standard InChI is InChI=1S/C28H38ClN5/c1-7-10-16-33(6)25(8-2)26-27(30-9-3)32-28(22-13-11-12-21(17-22)20(4)5)34(26)19-24-15-14-23(29)18-31-24/h8-9,11-15,17-18,20,28,30,32H,3,7,10,16,19H2,1-2,4-6H3. The van der Waals surface area contributed by atoms with Crippen molar-refractivity contribution in [3.8, 4) is 0 Å². The first kappa shape index (κ1) is 25.7. The summed E-state index contributed by atoms with van der Waals surface area (Å²) in [6.45, 7) is 14.3. The molecule has 1 aliphatic rings. The Kier molecular flexibility index (Phi) is 9.05. The number of halogens is 1. The molecular weight excluding hydrogens is 442 g/mol. The molecule has 1 atom stereocenters.